The van der Waals surface area contributed by atoms with Crippen LogP contribution >= 0.6 is 0 Å². The summed E-state index contributed by atoms with van der Waals surface area (Å²) >= 11 is 0. The molecule has 0 bridgehead atoms. The largest absolute Gasteiger partial charge is 0.497 e. The van der Waals surface area contributed by atoms with Gasteiger partial charge in [0.2, 0.25) is 0 Å². The van der Waals surface area contributed by atoms with E-state index in [4.69, 9.17) is 9.47 Å². The van der Waals surface area contributed by atoms with Crippen LogP contribution in [0.5, 0.6) is 5.75 Å². The fourth-order valence-electron chi connectivity index (χ4n) is 3.37. The van der Waals surface area contributed by atoms with Crippen LogP contribution in [0.4, 0.5) is 4.79 Å². The molecule has 2 aromatic carbocycles. The van der Waals surface area contributed by atoms with Crippen molar-refractivity contribution < 1.29 is 19.1 Å². The van der Waals surface area contributed by atoms with Crippen molar-refractivity contribution in [1.29, 1.82) is 0 Å². The highest BCUT2D eigenvalue weighted by Gasteiger charge is 2.36. The molecule has 1 aliphatic rings. The van der Waals surface area contributed by atoms with Gasteiger partial charge in [0.05, 0.1) is 31.9 Å². The number of urea groups is 1. The SMILES string of the molecule is COc1ccc([C@@H]2NC(=O)N(Cc3ccccc3)C(C)=C2C(=O)OCC(C)C)cc1. The van der Waals surface area contributed by atoms with Crippen molar-refractivity contribution in [1.82, 2.24) is 10.2 Å². The highest BCUT2D eigenvalue weighted by molar-refractivity contribution is 5.95. The molecular weight excluding hydrogens is 380 g/mol. The molecule has 0 radical (unpaired) electrons. The summed E-state index contributed by atoms with van der Waals surface area (Å²) in [6, 6.07) is 16.2. The van der Waals surface area contributed by atoms with Gasteiger partial charge < -0.3 is 14.8 Å². The van der Waals surface area contributed by atoms with Crippen molar-refractivity contribution in [3.8, 4) is 5.75 Å². The first-order valence-electron chi connectivity index (χ1n) is 10.0. The Morgan fingerprint density at radius 2 is 1.77 bits per heavy atom. The number of carbonyl (C=O) groups is 2. The first kappa shape index (κ1) is 21.4. The number of carbonyl (C=O) groups excluding carboxylic acids is 2. The smallest absolute Gasteiger partial charge is 0.338 e. The third-order valence-electron chi connectivity index (χ3n) is 5.00. The predicted octanol–water partition coefficient (Wildman–Crippen LogP) is 4.43. The van der Waals surface area contributed by atoms with Gasteiger partial charge in [0, 0.05) is 5.70 Å². The molecule has 1 heterocycles. The van der Waals surface area contributed by atoms with Crippen molar-refractivity contribution in [2.24, 2.45) is 5.92 Å². The third kappa shape index (κ3) is 4.82. The van der Waals surface area contributed by atoms with Crippen LogP contribution in [0.25, 0.3) is 0 Å². The highest BCUT2D eigenvalue weighted by atomic mass is 16.5. The van der Waals surface area contributed by atoms with Crippen LogP contribution in [-0.4, -0.2) is 30.6 Å². The van der Waals surface area contributed by atoms with Gasteiger partial charge in [0.1, 0.15) is 5.75 Å². The molecule has 30 heavy (non-hydrogen) atoms. The number of ether oxygens (including phenoxy) is 2. The van der Waals surface area contributed by atoms with Crippen LogP contribution in [0.1, 0.15) is 37.9 Å². The Morgan fingerprint density at radius 3 is 2.37 bits per heavy atom. The van der Waals surface area contributed by atoms with Crippen molar-refractivity contribution in [3.63, 3.8) is 0 Å². The molecule has 1 atom stereocenters. The number of methoxy groups -OCH3 is 1. The molecule has 0 unspecified atom stereocenters. The molecule has 1 N–H and O–H groups in total. The second-order valence-electron chi connectivity index (χ2n) is 7.72. The maximum Gasteiger partial charge on any atom is 0.338 e. The van der Waals surface area contributed by atoms with Crippen LogP contribution in [0.3, 0.4) is 0 Å². The van der Waals surface area contributed by atoms with Gasteiger partial charge in [-0.05, 0) is 36.1 Å². The zero-order valence-electron chi connectivity index (χ0n) is 17.8. The fourth-order valence-corrected chi connectivity index (χ4v) is 3.37. The predicted molar refractivity (Wildman–Crippen MR) is 115 cm³/mol. The Morgan fingerprint density at radius 1 is 1.10 bits per heavy atom. The average Bonchev–Trinajstić information content (AvgIpc) is 2.75. The van der Waals surface area contributed by atoms with E-state index in [2.05, 4.69) is 5.32 Å². The summed E-state index contributed by atoms with van der Waals surface area (Å²) in [4.78, 5) is 27.6. The molecule has 2 amide bonds. The number of nitrogens with zero attached hydrogens (tertiary/aromatic N) is 1. The summed E-state index contributed by atoms with van der Waals surface area (Å²) in [6.45, 7) is 6.45. The Hall–Kier alpha value is -3.28. The van der Waals surface area contributed by atoms with E-state index in [1.165, 1.54) is 0 Å². The molecule has 1 aliphatic heterocycles. The highest BCUT2D eigenvalue weighted by Crippen LogP contribution is 2.33. The first-order valence-corrected chi connectivity index (χ1v) is 10.0. The molecule has 158 valence electrons. The topological polar surface area (TPSA) is 67.9 Å². The van der Waals surface area contributed by atoms with E-state index in [1.807, 2.05) is 68.4 Å². The van der Waals surface area contributed by atoms with Crippen LogP contribution in [0, 0.1) is 5.92 Å². The monoisotopic (exact) mass is 408 g/mol. The van der Waals surface area contributed by atoms with Gasteiger partial charge in [-0.25, -0.2) is 9.59 Å². The zero-order valence-corrected chi connectivity index (χ0v) is 17.8. The van der Waals surface area contributed by atoms with Gasteiger partial charge in [-0.15, -0.1) is 0 Å². The van der Waals surface area contributed by atoms with Crippen LogP contribution in [0.15, 0.2) is 65.9 Å². The normalized spacial score (nSPS) is 16.5. The standard InChI is InChI=1S/C24H28N2O4/c1-16(2)15-30-23(27)21-17(3)26(14-18-8-6-5-7-9-18)24(28)25-22(21)19-10-12-20(29-4)13-11-19/h5-13,16,22H,14-15H2,1-4H3,(H,25,28)/t22-/m0/s1. The molecule has 0 fully saturated rings. The van der Waals surface area contributed by atoms with E-state index >= 15 is 0 Å². The number of rotatable bonds is 7. The molecule has 0 aromatic heterocycles. The minimum absolute atomic E-state index is 0.216. The Bertz CT molecular complexity index is 920. The minimum atomic E-state index is -0.588. The number of hydrogen-bond donors (Lipinski definition) is 1. The number of amides is 2. The minimum Gasteiger partial charge on any atom is -0.497 e. The number of hydrogen-bond acceptors (Lipinski definition) is 4. The summed E-state index contributed by atoms with van der Waals surface area (Å²) < 4.78 is 10.8. The lowest BCUT2D eigenvalue weighted by molar-refractivity contribution is -0.140. The molecular formula is C24H28N2O4. The summed E-state index contributed by atoms with van der Waals surface area (Å²) in [5.41, 5.74) is 2.80. The third-order valence-corrected chi connectivity index (χ3v) is 5.00. The lowest BCUT2D eigenvalue weighted by Gasteiger charge is -2.35. The molecule has 6 heteroatoms. The Balaban J connectivity index is 1.99. The van der Waals surface area contributed by atoms with Crippen molar-refractivity contribution in [3.05, 3.63) is 77.0 Å². The lowest BCUT2D eigenvalue weighted by Crippen LogP contribution is -2.47. The second-order valence-corrected chi connectivity index (χ2v) is 7.72. The van der Waals surface area contributed by atoms with Crippen molar-refractivity contribution in [2.75, 3.05) is 13.7 Å². The van der Waals surface area contributed by atoms with E-state index in [-0.39, 0.29) is 11.9 Å². The zero-order chi connectivity index (χ0) is 21.7. The molecule has 0 aliphatic carbocycles. The van der Waals surface area contributed by atoms with E-state index in [0.717, 1.165) is 11.1 Å². The summed E-state index contributed by atoms with van der Waals surface area (Å²) in [7, 11) is 1.59. The number of benzene rings is 2. The Kier molecular flexibility index (Phi) is 6.77. The number of allylic oxidation sites excluding steroid dienone is 1. The first-order chi connectivity index (χ1) is 14.4. The van der Waals surface area contributed by atoms with Gasteiger partial charge in [0.25, 0.3) is 0 Å². The average molecular weight is 408 g/mol. The van der Waals surface area contributed by atoms with E-state index < -0.39 is 12.0 Å². The summed E-state index contributed by atoms with van der Waals surface area (Å²) in [6.07, 6.45) is 0. The fraction of sp³-hybridized carbons (Fsp3) is 0.333. The van der Waals surface area contributed by atoms with Crippen molar-refractivity contribution in [2.45, 2.75) is 33.4 Å². The van der Waals surface area contributed by atoms with Crippen LogP contribution in [0.2, 0.25) is 0 Å². The molecule has 0 saturated heterocycles. The second kappa shape index (κ2) is 9.48. The van der Waals surface area contributed by atoms with Crippen LogP contribution in [-0.2, 0) is 16.1 Å². The summed E-state index contributed by atoms with van der Waals surface area (Å²) in [5, 5.41) is 2.98. The van der Waals surface area contributed by atoms with Gasteiger partial charge in [-0.2, -0.15) is 0 Å². The lowest BCUT2D eigenvalue weighted by atomic mass is 9.94. The summed E-state index contributed by atoms with van der Waals surface area (Å²) in [5.74, 6) is 0.504. The van der Waals surface area contributed by atoms with Gasteiger partial charge >= 0.3 is 12.0 Å². The van der Waals surface area contributed by atoms with E-state index in [0.29, 0.717) is 30.2 Å². The van der Waals surface area contributed by atoms with E-state index in [9.17, 15) is 9.59 Å². The van der Waals surface area contributed by atoms with E-state index in [1.54, 1.807) is 18.9 Å². The van der Waals surface area contributed by atoms with Gasteiger partial charge in [-0.1, -0.05) is 56.3 Å². The maximum absolute atomic E-state index is 13.0. The van der Waals surface area contributed by atoms with Crippen molar-refractivity contribution >= 4 is 12.0 Å². The maximum atomic E-state index is 13.0. The number of esters is 1. The molecule has 3 rings (SSSR count). The molecule has 6 nitrogen and oxygen atoms in total. The molecule has 0 spiro atoms. The van der Waals surface area contributed by atoms with Crippen LogP contribution < -0.4 is 10.1 Å². The quantitative estimate of drug-likeness (QED) is 0.688. The number of nitrogens with one attached hydrogen (secondary N) is 1. The van der Waals surface area contributed by atoms with Gasteiger partial charge in [-0.3, -0.25) is 4.90 Å². The van der Waals surface area contributed by atoms with Gasteiger partial charge in [0.15, 0.2) is 0 Å². The molecule has 2 aromatic rings. The Labute approximate surface area is 177 Å². The molecule has 0 saturated carbocycles.